The van der Waals surface area contributed by atoms with Gasteiger partial charge in [0.15, 0.2) is 0 Å². The van der Waals surface area contributed by atoms with E-state index in [1.54, 1.807) is 11.8 Å². The number of carbonyl (C=O) groups excluding carboxylic acids is 1. The van der Waals surface area contributed by atoms with Crippen molar-refractivity contribution in [1.29, 1.82) is 0 Å². The summed E-state index contributed by atoms with van der Waals surface area (Å²) in [6.45, 7) is 13.0. The average Bonchev–Trinajstić information content (AvgIpc) is 2.89. The van der Waals surface area contributed by atoms with E-state index >= 15 is 0 Å². The molecule has 0 saturated carbocycles. The Labute approximate surface area is 154 Å². The number of piperazine rings is 1. The lowest BCUT2D eigenvalue weighted by Gasteiger charge is -2.43. The molecule has 0 radical (unpaired) electrons. The number of aromatic nitrogens is 1. The Morgan fingerprint density at radius 3 is 2.88 bits per heavy atom. The first-order valence-corrected chi connectivity index (χ1v) is 9.77. The van der Waals surface area contributed by atoms with E-state index in [4.69, 9.17) is 9.72 Å². The molecule has 0 spiro atoms. The predicted octanol–water partition coefficient (Wildman–Crippen LogP) is 3.73. The maximum atomic E-state index is 12.4. The van der Waals surface area contributed by atoms with Crippen molar-refractivity contribution in [1.82, 2.24) is 9.88 Å². The molecule has 0 bridgehead atoms. The fourth-order valence-electron chi connectivity index (χ4n) is 3.53. The molecular weight excluding hydrogens is 334 g/mol. The minimum Gasteiger partial charge on any atom is -0.444 e. The highest BCUT2D eigenvalue weighted by atomic mass is 32.2. The Hall–Kier alpha value is -1.69. The molecule has 136 valence electrons. The molecule has 0 aromatic carbocycles. The summed E-state index contributed by atoms with van der Waals surface area (Å²) >= 11 is 1.70. The van der Waals surface area contributed by atoms with Gasteiger partial charge in [-0.2, -0.15) is 0 Å². The van der Waals surface area contributed by atoms with Gasteiger partial charge in [0.2, 0.25) is 0 Å². The number of rotatable bonds is 3. The van der Waals surface area contributed by atoms with E-state index in [2.05, 4.69) is 30.5 Å². The van der Waals surface area contributed by atoms with Crippen LogP contribution in [-0.4, -0.2) is 52.5 Å². The molecule has 3 heterocycles. The summed E-state index contributed by atoms with van der Waals surface area (Å²) in [5, 5.41) is 1.03. The Kier molecular flexibility index (Phi) is 5.00. The third kappa shape index (κ3) is 3.94. The smallest absolute Gasteiger partial charge is 0.410 e. The minimum atomic E-state index is -0.463. The highest BCUT2D eigenvalue weighted by Gasteiger charge is 2.41. The summed E-state index contributed by atoms with van der Waals surface area (Å²) < 4.78 is 5.55. The van der Waals surface area contributed by atoms with Crippen molar-refractivity contribution in [2.75, 3.05) is 23.7 Å². The van der Waals surface area contributed by atoms with Crippen LogP contribution in [0.15, 0.2) is 29.8 Å². The number of pyridine rings is 1. The number of hydrogen-bond acceptors (Lipinski definition) is 5. The van der Waals surface area contributed by atoms with Crippen molar-refractivity contribution in [3.8, 4) is 0 Å². The molecule has 5 nitrogen and oxygen atoms in total. The summed E-state index contributed by atoms with van der Waals surface area (Å²) in [5.74, 6) is 1.94. The third-order valence-electron chi connectivity index (χ3n) is 4.42. The van der Waals surface area contributed by atoms with Gasteiger partial charge in [0.1, 0.15) is 11.4 Å². The molecule has 1 aromatic heterocycles. The number of thioether (sulfide) groups is 1. The number of ether oxygens (including phenoxy) is 1. The van der Waals surface area contributed by atoms with Crippen LogP contribution in [0.4, 0.5) is 10.6 Å². The van der Waals surface area contributed by atoms with Gasteiger partial charge < -0.3 is 14.5 Å². The van der Waals surface area contributed by atoms with Gasteiger partial charge in [-0.3, -0.25) is 0 Å². The molecular formula is C19H27N3O2S. The second-order valence-corrected chi connectivity index (χ2v) is 8.77. The normalized spacial score (nSPS) is 22.4. The average molecular weight is 362 g/mol. The SMILES string of the molecule is C=CCSc1ccc2c(n1)N1C(C)CN(C(=O)OC(C)(C)C)CC1C2. The number of anilines is 1. The lowest BCUT2D eigenvalue weighted by molar-refractivity contribution is 0.0191. The minimum absolute atomic E-state index is 0.217. The van der Waals surface area contributed by atoms with Crippen molar-refractivity contribution in [3.05, 3.63) is 30.4 Å². The monoisotopic (exact) mass is 361 g/mol. The first-order chi connectivity index (χ1) is 11.8. The van der Waals surface area contributed by atoms with Crippen molar-refractivity contribution >= 4 is 23.7 Å². The first-order valence-electron chi connectivity index (χ1n) is 8.78. The third-order valence-corrected chi connectivity index (χ3v) is 5.34. The molecule has 1 amide bonds. The standard InChI is InChI=1S/C19H27N3O2S/c1-6-9-25-16-8-7-14-10-15-12-21(18(23)24-19(3,4)5)11-13(2)22(15)17(14)20-16/h6-8,13,15H,1,9-12H2,2-5H3. The van der Waals surface area contributed by atoms with E-state index in [-0.39, 0.29) is 18.2 Å². The zero-order valence-electron chi connectivity index (χ0n) is 15.5. The zero-order valence-corrected chi connectivity index (χ0v) is 16.3. The van der Waals surface area contributed by atoms with Gasteiger partial charge in [0, 0.05) is 24.9 Å². The molecule has 0 N–H and O–H groups in total. The van der Waals surface area contributed by atoms with Crippen LogP contribution in [0.1, 0.15) is 33.3 Å². The van der Waals surface area contributed by atoms with Gasteiger partial charge >= 0.3 is 6.09 Å². The summed E-state index contributed by atoms with van der Waals surface area (Å²) in [5.41, 5.74) is 0.806. The van der Waals surface area contributed by atoms with Crippen LogP contribution >= 0.6 is 11.8 Å². The van der Waals surface area contributed by atoms with Crippen LogP contribution in [0.3, 0.4) is 0 Å². The number of carbonyl (C=O) groups is 1. The largest absolute Gasteiger partial charge is 0.444 e. The maximum absolute atomic E-state index is 12.4. The van der Waals surface area contributed by atoms with E-state index in [0.717, 1.165) is 23.0 Å². The predicted molar refractivity (Wildman–Crippen MR) is 102 cm³/mol. The Balaban J connectivity index is 1.75. The molecule has 1 fully saturated rings. The summed E-state index contributed by atoms with van der Waals surface area (Å²) in [6, 6.07) is 4.76. The molecule has 2 aliphatic rings. The molecule has 2 aliphatic heterocycles. The molecule has 3 rings (SSSR count). The molecule has 2 atom stereocenters. The summed E-state index contributed by atoms with van der Waals surface area (Å²) in [7, 11) is 0. The Morgan fingerprint density at radius 1 is 1.44 bits per heavy atom. The van der Waals surface area contributed by atoms with Crippen LogP contribution in [0.25, 0.3) is 0 Å². The van der Waals surface area contributed by atoms with Gasteiger partial charge in [-0.15, -0.1) is 18.3 Å². The number of fused-ring (bicyclic) bond motifs is 3. The quantitative estimate of drug-likeness (QED) is 0.606. The van der Waals surface area contributed by atoms with Crippen molar-refractivity contribution in [2.45, 2.75) is 56.8 Å². The van der Waals surface area contributed by atoms with Gasteiger partial charge in [-0.05, 0) is 45.7 Å². The first kappa shape index (κ1) is 18.1. The zero-order chi connectivity index (χ0) is 18.2. The molecule has 0 aliphatic carbocycles. The molecule has 6 heteroatoms. The molecule has 1 aromatic rings. The van der Waals surface area contributed by atoms with Crippen molar-refractivity contribution in [3.63, 3.8) is 0 Å². The fraction of sp³-hybridized carbons (Fsp3) is 0.579. The van der Waals surface area contributed by atoms with Crippen LogP contribution in [0, 0.1) is 0 Å². The fourth-order valence-corrected chi connectivity index (χ4v) is 4.13. The molecule has 2 unspecified atom stereocenters. The van der Waals surface area contributed by atoms with Crippen LogP contribution in [-0.2, 0) is 11.2 Å². The second kappa shape index (κ2) is 6.90. The van der Waals surface area contributed by atoms with Crippen LogP contribution in [0.2, 0.25) is 0 Å². The van der Waals surface area contributed by atoms with Crippen molar-refractivity contribution < 1.29 is 9.53 Å². The van der Waals surface area contributed by atoms with E-state index in [1.165, 1.54) is 5.56 Å². The number of hydrogen-bond donors (Lipinski definition) is 0. The topological polar surface area (TPSA) is 45.7 Å². The van der Waals surface area contributed by atoms with E-state index in [1.807, 2.05) is 31.7 Å². The summed E-state index contributed by atoms with van der Waals surface area (Å²) in [6.07, 6.45) is 2.60. The summed E-state index contributed by atoms with van der Waals surface area (Å²) in [4.78, 5) is 21.5. The van der Waals surface area contributed by atoms with E-state index in [0.29, 0.717) is 13.1 Å². The Morgan fingerprint density at radius 2 is 2.20 bits per heavy atom. The van der Waals surface area contributed by atoms with E-state index < -0.39 is 5.60 Å². The lowest BCUT2D eigenvalue weighted by atomic mass is 10.1. The molecule has 1 saturated heterocycles. The number of nitrogens with zero attached hydrogens (tertiary/aromatic N) is 3. The highest BCUT2D eigenvalue weighted by molar-refractivity contribution is 7.99. The van der Waals surface area contributed by atoms with E-state index in [9.17, 15) is 4.79 Å². The molecule has 25 heavy (non-hydrogen) atoms. The van der Waals surface area contributed by atoms with Crippen LogP contribution in [0.5, 0.6) is 0 Å². The van der Waals surface area contributed by atoms with Gasteiger partial charge in [-0.1, -0.05) is 12.1 Å². The number of amides is 1. The van der Waals surface area contributed by atoms with Gasteiger partial charge in [0.05, 0.1) is 11.1 Å². The van der Waals surface area contributed by atoms with Gasteiger partial charge in [-0.25, -0.2) is 9.78 Å². The van der Waals surface area contributed by atoms with Gasteiger partial charge in [0.25, 0.3) is 0 Å². The maximum Gasteiger partial charge on any atom is 0.410 e. The van der Waals surface area contributed by atoms with Crippen LogP contribution < -0.4 is 4.90 Å². The van der Waals surface area contributed by atoms with Crippen molar-refractivity contribution in [2.24, 2.45) is 0 Å². The Bertz CT molecular complexity index is 671. The second-order valence-electron chi connectivity index (χ2n) is 7.73. The lowest BCUT2D eigenvalue weighted by Crippen LogP contribution is -2.58. The highest BCUT2D eigenvalue weighted by Crippen LogP contribution is 2.36.